The summed E-state index contributed by atoms with van der Waals surface area (Å²) in [6.45, 7) is 2.12. The Balaban J connectivity index is 1.91. The van der Waals surface area contributed by atoms with Crippen LogP contribution in [-0.4, -0.2) is 24.3 Å². The van der Waals surface area contributed by atoms with Crippen LogP contribution in [0.4, 0.5) is 5.82 Å². The van der Waals surface area contributed by atoms with Crippen LogP contribution in [0.1, 0.15) is 12.5 Å². The predicted octanol–water partition coefficient (Wildman–Crippen LogP) is 3.89. The Morgan fingerprint density at radius 3 is 2.67 bits per heavy atom. The molecule has 0 saturated carbocycles. The lowest BCUT2D eigenvalue weighted by Crippen LogP contribution is -2.21. The molecule has 2 aliphatic rings. The Labute approximate surface area is 130 Å². The van der Waals surface area contributed by atoms with Crippen LogP contribution in [0.5, 0.6) is 0 Å². The number of aromatic nitrogens is 1. The molecule has 0 radical (unpaired) electrons. The zero-order valence-electron chi connectivity index (χ0n) is 12.4. The summed E-state index contributed by atoms with van der Waals surface area (Å²) in [5.74, 6) is 1.48. The molecule has 2 heterocycles. The molecule has 0 N–H and O–H groups in total. The third-order valence-electron chi connectivity index (χ3n) is 3.99. The maximum atomic E-state index is 6.17. The van der Waals surface area contributed by atoms with Gasteiger partial charge in [-0.2, -0.15) is 0 Å². The van der Waals surface area contributed by atoms with Gasteiger partial charge in [0.1, 0.15) is 11.0 Å². The van der Waals surface area contributed by atoms with Crippen molar-refractivity contribution in [1.82, 2.24) is 4.98 Å². The van der Waals surface area contributed by atoms with Gasteiger partial charge >= 0.3 is 0 Å². The quantitative estimate of drug-likeness (QED) is 0.829. The van der Waals surface area contributed by atoms with E-state index in [2.05, 4.69) is 41.2 Å². The Bertz CT molecular complexity index is 666. The molecule has 3 rings (SSSR count). The molecule has 3 nitrogen and oxygen atoms in total. The summed E-state index contributed by atoms with van der Waals surface area (Å²) in [6, 6.07) is 4.14. The molecule has 21 heavy (non-hydrogen) atoms. The van der Waals surface area contributed by atoms with Crippen LogP contribution in [0.3, 0.4) is 0 Å². The monoisotopic (exact) mass is 299 g/mol. The van der Waals surface area contributed by atoms with E-state index in [1.165, 1.54) is 11.1 Å². The van der Waals surface area contributed by atoms with Gasteiger partial charge < -0.3 is 4.90 Å². The highest BCUT2D eigenvalue weighted by atomic mass is 35.5. The molecule has 1 aromatic heterocycles. The van der Waals surface area contributed by atoms with Crippen LogP contribution >= 0.6 is 11.6 Å². The molecule has 0 amide bonds. The van der Waals surface area contributed by atoms with Gasteiger partial charge in [0, 0.05) is 38.3 Å². The maximum Gasteiger partial charge on any atom is 0.127 e. The van der Waals surface area contributed by atoms with Gasteiger partial charge in [0.15, 0.2) is 0 Å². The largest absolute Gasteiger partial charge is 0.363 e. The zero-order chi connectivity index (χ0) is 15.0. The SMILES string of the molecule is CC1C(Cl)=NC=C2C=CC(c3ccc(N(C)C)nc3)=CC21. The maximum absolute atomic E-state index is 6.17. The Hall–Kier alpha value is -1.87. The first kappa shape index (κ1) is 14.1. The van der Waals surface area contributed by atoms with E-state index in [1.54, 1.807) is 0 Å². The minimum Gasteiger partial charge on any atom is -0.363 e. The molecule has 0 saturated heterocycles. The number of allylic oxidation sites excluding steroid dienone is 5. The molecule has 4 heteroatoms. The summed E-state index contributed by atoms with van der Waals surface area (Å²) in [5, 5.41) is 0.677. The zero-order valence-corrected chi connectivity index (χ0v) is 13.2. The van der Waals surface area contributed by atoms with E-state index >= 15 is 0 Å². The van der Waals surface area contributed by atoms with Crippen molar-refractivity contribution >= 4 is 28.2 Å². The van der Waals surface area contributed by atoms with Gasteiger partial charge in [-0.3, -0.25) is 0 Å². The Morgan fingerprint density at radius 1 is 1.19 bits per heavy atom. The van der Waals surface area contributed by atoms with Gasteiger partial charge in [-0.15, -0.1) is 0 Å². The van der Waals surface area contributed by atoms with Crippen LogP contribution in [0.25, 0.3) is 5.57 Å². The average Bonchev–Trinajstić information content (AvgIpc) is 2.51. The van der Waals surface area contributed by atoms with E-state index in [-0.39, 0.29) is 5.92 Å². The highest BCUT2D eigenvalue weighted by molar-refractivity contribution is 6.66. The van der Waals surface area contributed by atoms with E-state index in [9.17, 15) is 0 Å². The Morgan fingerprint density at radius 2 is 2.00 bits per heavy atom. The number of nitrogens with zero attached hydrogens (tertiary/aromatic N) is 3. The van der Waals surface area contributed by atoms with Crippen molar-refractivity contribution in [2.24, 2.45) is 16.8 Å². The second-order valence-corrected chi connectivity index (χ2v) is 6.04. The molecule has 2 unspecified atom stereocenters. The number of hydrogen-bond donors (Lipinski definition) is 0. The van der Waals surface area contributed by atoms with Crippen molar-refractivity contribution in [2.45, 2.75) is 6.92 Å². The van der Waals surface area contributed by atoms with Crippen LogP contribution in [0.2, 0.25) is 0 Å². The Kier molecular flexibility index (Phi) is 3.68. The summed E-state index contributed by atoms with van der Waals surface area (Å²) in [6.07, 6.45) is 10.3. The van der Waals surface area contributed by atoms with Crippen molar-refractivity contribution in [2.75, 3.05) is 19.0 Å². The molecule has 1 aliphatic carbocycles. The lowest BCUT2D eigenvalue weighted by Gasteiger charge is -2.27. The predicted molar refractivity (Wildman–Crippen MR) is 89.7 cm³/mol. The van der Waals surface area contributed by atoms with Crippen molar-refractivity contribution in [3.63, 3.8) is 0 Å². The number of halogens is 1. The molecular weight excluding hydrogens is 282 g/mol. The van der Waals surface area contributed by atoms with Crippen LogP contribution in [0.15, 0.2) is 53.3 Å². The van der Waals surface area contributed by atoms with E-state index < -0.39 is 0 Å². The number of aliphatic imine (C=N–C) groups is 1. The van der Waals surface area contributed by atoms with Gasteiger partial charge in [0.05, 0.1) is 0 Å². The standard InChI is InChI=1S/C17H18ClN3/c1-11-15-8-12(4-5-14(15)10-20-17(11)18)13-6-7-16(19-9-13)21(2)3/h4-11,15H,1-3H3. The van der Waals surface area contributed by atoms with Crippen molar-refractivity contribution in [3.05, 3.63) is 53.9 Å². The fraction of sp³-hybridized carbons (Fsp3) is 0.294. The van der Waals surface area contributed by atoms with Gasteiger partial charge in [-0.05, 0) is 28.8 Å². The van der Waals surface area contributed by atoms with Gasteiger partial charge in [-0.25, -0.2) is 9.98 Å². The highest BCUT2D eigenvalue weighted by Crippen LogP contribution is 2.36. The minimum absolute atomic E-state index is 0.223. The summed E-state index contributed by atoms with van der Waals surface area (Å²) < 4.78 is 0. The first-order valence-electron chi connectivity index (χ1n) is 7.03. The fourth-order valence-corrected chi connectivity index (χ4v) is 2.80. The lowest BCUT2D eigenvalue weighted by atomic mass is 9.80. The molecule has 0 aromatic carbocycles. The first-order chi connectivity index (χ1) is 10.1. The van der Waals surface area contributed by atoms with Gasteiger partial charge in [0.2, 0.25) is 0 Å². The second kappa shape index (κ2) is 5.49. The van der Waals surface area contributed by atoms with E-state index in [1.807, 2.05) is 37.5 Å². The van der Waals surface area contributed by atoms with Gasteiger partial charge in [0.25, 0.3) is 0 Å². The summed E-state index contributed by atoms with van der Waals surface area (Å²) in [7, 11) is 3.98. The number of fused-ring (bicyclic) bond motifs is 1. The summed E-state index contributed by atoms with van der Waals surface area (Å²) >= 11 is 6.17. The first-order valence-corrected chi connectivity index (χ1v) is 7.41. The molecule has 0 fully saturated rings. The number of rotatable bonds is 2. The van der Waals surface area contributed by atoms with Crippen LogP contribution in [0, 0.1) is 11.8 Å². The van der Waals surface area contributed by atoms with E-state index in [0.29, 0.717) is 11.1 Å². The molecule has 0 bridgehead atoms. The van der Waals surface area contributed by atoms with Crippen LogP contribution in [-0.2, 0) is 0 Å². The normalized spacial score (nSPS) is 23.9. The topological polar surface area (TPSA) is 28.5 Å². The van der Waals surface area contributed by atoms with E-state index in [4.69, 9.17) is 11.6 Å². The third-order valence-corrected chi connectivity index (χ3v) is 4.43. The van der Waals surface area contributed by atoms with Crippen molar-refractivity contribution in [3.8, 4) is 0 Å². The molecule has 1 aliphatic heterocycles. The molecule has 0 spiro atoms. The summed E-state index contributed by atoms with van der Waals surface area (Å²) in [4.78, 5) is 10.7. The molecule has 2 atom stereocenters. The van der Waals surface area contributed by atoms with Gasteiger partial charge in [-0.1, -0.05) is 36.8 Å². The summed E-state index contributed by atoms with van der Waals surface area (Å²) in [5.41, 5.74) is 3.53. The fourth-order valence-electron chi connectivity index (χ4n) is 2.62. The highest BCUT2D eigenvalue weighted by Gasteiger charge is 2.27. The number of anilines is 1. The molecule has 108 valence electrons. The van der Waals surface area contributed by atoms with Crippen LogP contribution < -0.4 is 4.90 Å². The van der Waals surface area contributed by atoms with Crippen molar-refractivity contribution < 1.29 is 0 Å². The number of hydrogen-bond acceptors (Lipinski definition) is 3. The van der Waals surface area contributed by atoms with Crippen molar-refractivity contribution in [1.29, 1.82) is 0 Å². The smallest absolute Gasteiger partial charge is 0.127 e. The third kappa shape index (κ3) is 2.66. The lowest BCUT2D eigenvalue weighted by molar-refractivity contribution is 0.621. The number of pyridine rings is 1. The minimum atomic E-state index is 0.223. The average molecular weight is 300 g/mol. The molecular formula is C17H18ClN3. The second-order valence-electron chi connectivity index (χ2n) is 5.65. The van der Waals surface area contributed by atoms with E-state index in [0.717, 1.165) is 11.4 Å². The molecule has 1 aromatic rings.